The number of aryl methyl sites for hydroxylation is 2. The molecule has 2 N–H and O–H groups in total. The van der Waals surface area contributed by atoms with E-state index in [1.807, 2.05) is 25.1 Å². The van der Waals surface area contributed by atoms with Gasteiger partial charge in [0.05, 0.1) is 0 Å². The molecule has 0 saturated carbocycles. The summed E-state index contributed by atoms with van der Waals surface area (Å²) >= 11 is 0. The molecule has 2 rings (SSSR count). The van der Waals surface area contributed by atoms with Gasteiger partial charge in [0.1, 0.15) is 11.6 Å². The van der Waals surface area contributed by atoms with Crippen molar-refractivity contribution in [3.63, 3.8) is 0 Å². The standard InChI is InChI=1S/C16H20N4O/c1-4-5-13-9-12(10-14(17-3)19-13)16(21)20-15-8-11(2)6-7-18-15/h6-10H,4-5H2,1-3H3,(H,17,19)(H,18,20,21). The van der Waals surface area contributed by atoms with Crippen molar-refractivity contribution < 1.29 is 4.79 Å². The quantitative estimate of drug-likeness (QED) is 0.885. The predicted molar refractivity (Wildman–Crippen MR) is 84.7 cm³/mol. The van der Waals surface area contributed by atoms with Crippen LogP contribution in [0.15, 0.2) is 30.5 Å². The highest BCUT2D eigenvalue weighted by Crippen LogP contribution is 2.14. The predicted octanol–water partition coefficient (Wildman–Crippen LogP) is 3.03. The van der Waals surface area contributed by atoms with Gasteiger partial charge in [-0.05, 0) is 43.2 Å². The number of nitrogens with one attached hydrogen (secondary N) is 2. The molecule has 0 spiro atoms. The first-order chi connectivity index (χ1) is 10.1. The maximum Gasteiger partial charge on any atom is 0.257 e. The Balaban J connectivity index is 2.23. The zero-order chi connectivity index (χ0) is 15.2. The molecule has 2 aromatic heterocycles. The van der Waals surface area contributed by atoms with Crippen LogP contribution >= 0.6 is 0 Å². The van der Waals surface area contributed by atoms with Crippen LogP contribution < -0.4 is 10.6 Å². The van der Waals surface area contributed by atoms with Gasteiger partial charge in [0.2, 0.25) is 0 Å². The molecule has 0 aliphatic heterocycles. The SMILES string of the molecule is CCCc1cc(C(=O)Nc2cc(C)ccn2)cc(NC)n1. The Kier molecular flexibility index (Phi) is 4.87. The van der Waals surface area contributed by atoms with E-state index < -0.39 is 0 Å². The van der Waals surface area contributed by atoms with Crippen LogP contribution in [0.3, 0.4) is 0 Å². The summed E-state index contributed by atoms with van der Waals surface area (Å²) in [5.74, 6) is 1.08. The molecule has 0 radical (unpaired) electrons. The van der Waals surface area contributed by atoms with Gasteiger partial charge in [0.25, 0.3) is 5.91 Å². The van der Waals surface area contributed by atoms with Gasteiger partial charge < -0.3 is 10.6 Å². The summed E-state index contributed by atoms with van der Waals surface area (Å²) in [6.45, 7) is 4.05. The molecule has 2 aromatic rings. The lowest BCUT2D eigenvalue weighted by atomic mass is 10.1. The minimum atomic E-state index is -0.177. The van der Waals surface area contributed by atoms with Gasteiger partial charge in [-0.15, -0.1) is 0 Å². The molecular formula is C16H20N4O. The van der Waals surface area contributed by atoms with Crippen LogP contribution in [-0.4, -0.2) is 22.9 Å². The Bertz CT molecular complexity index is 640. The maximum atomic E-state index is 12.3. The summed E-state index contributed by atoms with van der Waals surface area (Å²) in [5.41, 5.74) is 2.55. The number of hydrogen-bond donors (Lipinski definition) is 2. The monoisotopic (exact) mass is 284 g/mol. The van der Waals surface area contributed by atoms with Crippen molar-refractivity contribution in [2.75, 3.05) is 17.7 Å². The third-order valence-electron chi connectivity index (χ3n) is 3.06. The van der Waals surface area contributed by atoms with E-state index in [1.54, 1.807) is 19.3 Å². The zero-order valence-electron chi connectivity index (χ0n) is 12.6. The van der Waals surface area contributed by atoms with Gasteiger partial charge in [-0.2, -0.15) is 0 Å². The van der Waals surface area contributed by atoms with Crippen molar-refractivity contribution >= 4 is 17.5 Å². The Hall–Kier alpha value is -2.43. The van der Waals surface area contributed by atoms with Crippen LogP contribution in [-0.2, 0) is 6.42 Å². The number of carbonyl (C=O) groups is 1. The summed E-state index contributed by atoms with van der Waals surface area (Å²) in [6.07, 6.45) is 3.51. The molecule has 0 aliphatic carbocycles. The average molecular weight is 284 g/mol. The molecule has 5 nitrogen and oxygen atoms in total. The van der Waals surface area contributed by atoms with E-state index in [4.69, 9.17) is 0 Å². The fraction of sp³-hybridized carbons (Fsp3) is 0.312. The van der Waals surface area contributed by atoms with Crippen LogP contribution in [0.5, 0.6) is 0 Å². The number of anilines is 2. The fourth-order valence-corrected chi connectivity index (χ4v) is 2.02. The highest BCUT2D eigenvalue weighted by atomic mass is 16.1. The first-order valence-corrected chi connectivity index (χ1v) is 7.05. The zero-order valence-corrected chi connectivity index (χ0v) is 12.6. The third-order valence-corrected chi connectivity index (χ3v) is 3.06. The highest BCUT2D eigenvalue weighted by Gasteiger charge is 2.10. The number of hydrogen-bond acceptors (Lipinski definition) is 4. The number of amides is 1. The molecule has 0 bridgehead atoms. The number of pyridine rings is 2. The van der Waals surface area contributed by atoms with Gasteiger partial charge >= 0.3 is 0 Å². The second-order valence-electron chi connectivity index (χ2n) is 4.90. The van der Waals surface area contributed by atoms with Crippen LogP contribution in [0.25, 0.3) is 0 Å². The number of aromatic nitrogens is 2. The summed E-state index contributed by atoms with van der Waals surface area (Å²) in [5, 5.41) is 5.80. The van der Waals surface area contributed by atoms with Crippen molar-refractivity contribution in [3.8, 4) is 0 Å². The van der Waals surface area contributed by atoms with Crippen LogP contribution in [0.4, 0.5) is 11.6 Å². The lowest BCUT2D eigenvalue weighted by Crippen LogP contribution is -2.14. The summed E-state index contributed by atoms with van der Waals surface area (Å²) < 4.78 is 0. The van der Waals surface area contributed by atoms with Crippen LogP contribution in [0, 0.1) is 6.92 Å². The topological polar surface area (TPSA) is 66.9 Å². The van der Waals surface area contributed by atoms with E-state index in [0.29, 0.717) is 17.2 Å². The van der Waals surface area contributed by atoms with Gasteiger partial charge in [-0.1, -0.05) is 13.3 Å². The van der Waals surface area contributed by atoms with Crippen molar-refractivity contribution in [1.29, 1.82) is 0 Å². The van der Waals surface area contributed by atoms with Crippen molar-refractivity contribution in [2.45, 2.75) is 26.7 Å². The van der Waals surface area contributed by atoms with Gasteiger partial charge in [-0.3, -0.25) is 4.79 Å². The number of carbonyl (C=O) groups excluding carboxylic acids is 1. The van der Waals surface area contributed by atoms with E-state index in [9.17, 15) is 4.79 Å². The second kappa shape index (κ2) is 6.83. The number of nitrogens with zero attached hydrogens (tertiary/aromatic N) is 2. The first kappa shape index (κ1) is 15.0. The lowest BCUT2D eigenvalue weighted by Gasteiger charge is -2.09. The van der Waals surface area contributed by atoms with Crippen molar-refractivity contribution in [3.05, 3.63) is 47.3 Å². The molecule has 0 aliphatic rings. The van der Waals surface area contributed by atoms with Crippen molar-refractivity contribution in [1.82, 2.24) is 9.97 Å². The maximum absolute atomic E-state index is 12.3. The Morgan fingerprint density at radius 2 is 2.05 bits per heavy atom. The molecule has 0 unspecified atom stereocenters. The van der Waals surface area contributed by atoms with E-state index in [2.05, 4.69) is 27.5 Å². The third kappa shape index (κ3) is 4.02. The van der Waals surface area contributed by atoms with E-state index in [0.717, 1.165) is 24.1 Å². The molecule has 5 heteroatoms. The minimum absolute atomic E-state index is 0.177. The summed E-state index contributed by atoms with van der Waals surface area (Å²) in [7, 11) is 1.79. The van der Waals surface area contributed by atoms with E-state index >= 15 is 0 Å². The Labute approximate surface area is 124 Å². The van der Waals surface area contributed by atoms with Crippen molar-refractivity contribution in [2.24, 2.45) is 0 Å². The molecule has 0 aromatic carbocycles. The summed E-state index contributed by atoms with van der Waals surface area (Å²) in [6, 6.07) is 7.30. The normalized spacial score (nSPS) is 10.2. The van der Waals surface area contributed by atoms with Crippen LogP contribution in [0.2, 0.25) is 0 Å². The average Bonchev–Trinajstić information content (AvgIpc) is 2.47. The smallest absolute Gasteiger partial charge is 0.257 e. The molecule has 0 fully saturated rings. The van der Waals surface area contributed by atoms with E-state index in [1.165, 1.54) is 0 Å². The van der Waals surface area contributed by atoms with Gasteiger partial charge in [0, 0.05) is 24.5 Å². The molecular weight excluding hydrogens is 264 g/mol. The Morgan fingerprint density at radius 3 is 2.71 bits per heavy atom. The lowest BCUT2D eigenvalue weighted by molar-refractivity contribution is 0.102. The van der Waals surface area contributed by atoms with Crippen LogP contribution in [0.1, 0.15) is 35.0 Å². The summed E-state index contributed by atoms with van der Waals surface area (Å²) in [4.78, 5) is 20.9. The second-order valence-corrected chi connectivity index (χ2v) is 4.90. The fourth-order valence-electron chi connectivity index (χ4n) is 2.02. The number of rotatable bonds is 5. The van der Waals surface area contributed by atoms with Gasteiger partial charge in [0.15, 0.2) is 0 Å². The molecule has 21 heavy (non-hydrogen) atoms. The minimum Gasteiger partial charge on any atom is -0.373 e. The highest BCUT2D eigenvalue weighted by molar-refractivity contribution is 6.04. The van der Waals surface area contributed by atoms with E-state index in [-0.39, 0.29) is 5.91 Å². The largest absolute Gasteiger partial charge is 0.373 e. The molecule has 0 atom stereocenters. The molecule has 2 heterocycles. The van der Waals surface area contributed by atoms with Gasteiger partial charge in [-0.25, -0.2) is 9.97 Å². The molecule has 1 amide bonds. The molecule has 110 valence electrons. The first-order valence-electron chi connectivity index (χ1n) is 7.05. The molecule has 0 saturated heterocycles. The Morgan fingerprint density at radius 1 is 1.24 bits per heavy atom.